The predicted molar refractivity (Wildman–Crippen MR) is 67.3 cm³/mol. The largest absolute Gasteiger partial charge is 0.573 e. The third-order valence-corrected chi connectivity index (χ3v) is 3.16. The molecular weight excluding hydrogens is 257 g/mol. The standard InChI is InChI=1S/C13H17F3N2O/c1-18-7-5-10(6-8-18)17-11-3-2-4-12(9-11)19-13(14,15)16/h2-4,9-10,17H,5-8H2,1H3. The number of anilines is 1. The van der Waals surface area contributed by atoms with Crippen molar-refractivity contribution in [3.8, 4) is 5.75 Å². The molecule has 2 rings (SSSR count). The predicted octanol–water partition coefficient (Wildman–Crippen LogP) is 3.09. The van der Waals surface area contributed by atoms with Crippen LogP contribution in [0.4, 0.5) is 18.9 Å². The number of hydrogen-bond donors (Lipinski definition) is 1. The molecule has 1 aromatic carbocycles. The number of hydrogen-bond acceptors (Lipinski definition) is 3. The van der Waals surface area contributed by atoms with Gasteiger partial charge >= 0.3 is 6.36 Å². The van der Waals surface area contributed by atoms with Crippen molar-refractivity contribution in [1.29, 1.82) is 0 Å². The number of halogens is 3. The third-order valence-electron chi connectivity index (χ3n) is 3.16. The Morgan fingerprint density at radius 3 is 2.58 bits per heavy atom. The molecule has 1 saturated heterocycles. The second-order valence-corrected chi connectivity index (χ2v) is 4.80. The summed E-state index contributed by atoms with van der Waals surface area (Å²) in [6.07, 6.45) is -2.67. The average molecular weight is 274 g/mol. The molecule has 0 unspecified atom stereocenters. The van der Waals surface area contributed by atoms with Crippen molar-refractivity contribution in [3.05, 3.63) is 24.3 Å². The van der Waals surface area contributed by atoms with Crippen molar-refractivity contribution in [2.24, 2.45) is 0 Å². The van der Waals surface area contributed by atoms with Gasteiger partial charge in [-0.2, -0.15) is 0 Å². The molecule has 0 radical (unpaired) electrons. The zero-order chi connectivity index (χ0) is 13.9. The van der Waals surface area contributed by atoms with E-state index < -0.39 is 6.36 Å². The van der Waals surface area contributed by atoms with E-state index in [1.165, 1.54) is 12.1 Å². The Kier molecular flexibility index (Phi) is 4.19. The molecule has 19 heavy (non-hydrogen) atoms. The van der Waals surface area contributed by atoms with Crippen LogP contribution in [0.2, 0.25) is 0 Å². The number of likely N-dealkylation sites (tertiary alicyclic amines) is 1. The highest BCUT2D eigenvalue weighted by molar-refractivity contribution is 5.49. The van der Waals surface area contributed by atoms with Crippen molar-refractivity contribution in [3.63, 3.8) is 0 Å². The molecule has 0 atom stereocenters. The normalized spacial score (nSPS) is 18.3. The summed E-state index contributed by atoms with van der Waals surface area (Å²) in [7, 11) is 2.06. The van der Waals surface area contributed by atoms with Crippen LogP contribution in [0.15, 0.2) is 24.3 Å². The number of nitrogens with zero attached hydrogens (tertiary/aromatic N) is 1. The lowest BCUT2D eigenvalue weighted by molar-refractivity contribution is -0.274. The molecule has 3 nitrogen and oxygen atoms in total. The van der Waals surface area contributed by atoms with Gasteiger partial charge in [0.1, 0.15) is 5.75 Å². The lowest BCUT2D eigenvalue weighted by Gasteiger charge is -2.30. The lowest BCUT2D eigenvalue weighted by atomic mass is 10.1. The highest BCUT2D eigenvalue weighted by atomic mass is 19.4. The van der Waals surface area contributed by atoms with E-state index >= 15 is 0 Å². The molecule has 1 heterocycles. The first-order valence-electron chi connectivity index (χ1n) is 6.23. The van der Waals surface area contributed by atoms with Gasteiger partial charge in [0.15, 0.2) is 0 Å². The van der Waals surface area contributed by atoms with E-state index in [1.807, 2.05) is 0 Å². The van der Waals surface area contributed by atoms with Crippen LogP contribution in [0.5, 0.6) is 5.75 Å². The number of rotatable bonds is 3. The molecule has 6 heteroatoms. The van der Waals surface area contributed by atoms with Crippen molar-refractivity contribution in [1.82, 2.24) is 4.90 Å². The van der Waals surface area contributed by atoms with E-state index in [-0.39, 0.29) is 5.75 Å². The highest BCUT2D eigenvalue weighted by Crippen LogP contribution is 2.26. The van der Waals surface area contributed by atoms with Crippen LogP contribution in [0, 0.1) is 0 Å². The van der Waals surface area contributed by atoms with Crippen LogP contribution in [0.3, 0.4) is 0 Å². The van der Waals surface area contributed by atoms with Gasteiger partial charge in [-0.25, -0.2) is 0 Å². The monoisotopic (exact) mass is 274 g/mol. The second-order valence-electron chi connectivity index (χ2n) is 4.80. The van der Waals surface area contributed by atoms with Crippen LogP contribution in [-0.2, 0) is 0 Å². The molecule has 1 aromatic rings. The maximum Gasteiger partial charge on any atom is 0.573 e. The van der Waals surface area contributed by atoms with Gasteiger partial charge in [0, 0.05) is 17.8 Å². The van der Waals surface area contributed by atoms with Crippen LogP contribution in [0.25, 0.3) is 0 Å². The number of nitrogens with one attached hydrogen (secondary N) is 1. The average Bonchev–Trinajstić information content (AvgIpc) is 2.30. The van der Waals surface area contributed by atoms with Gasteiger partial charge in [-0.3, -0.25) is 0 Å². The second kappa shape index (κ2) is 5.69. The van der Waals surface area contributed by atoms with Gasteiger partial charge in [0.05, 0.1) is 0 Å². The van der Waals surface area contributed by atoms with E-state index in [0.29, 0.717) is 11.7 Å². The Balaban J connectivity index is 1.95. The summed E-state index contributed by atoms with van der Waals surface area (Å²) in [4.78, 5) is 2.24. The summed E-state index contributed by atoms with van der Waals surface area (Å²) in [5.41, 5.74) is 0.663. The molecule has 0 bridgehead atoms. The highest BCUT2D eigenvalue weighted by Gasteiger charge is 2.31. The SMILES string of the molecule is CN1CCC(Nc2cccc(OC(F)(F)F)c2)CC1. The maximum atomic E-state index is 12.1. The molecule has 1 N–H and O–H groups in total. The number of ether oxygens (including phenoxy) is 1. The molecule has 1 aliphatic rings. The summed E-state index contributed by atoms with van der Waals surface area (Å²) < 4.78 is 40.3. The Bertz CT molecular complexity index is 415. The van der Waals surface area contributed by atoms with Crippen molar-refractivity contribution in [2.45, 2.75) is 25.2 Å². The van der Waals surface area contributed by atoms with Crippen LogP contribution >= 0.6 is 0 Å². The molecule has 1 aliphatic heterocycles. The summed E-state index contributed by atoms with van der Waals surface area (Å²) in [6.45, 7) is 1.99. The Morgan fingerprint density at radius 1 is 1.26 bits per heavy atom. The molecular formula is C13H17F3N2O. The quantitative estimate of drug-likeness (QED) is 0.916. The maximum absolute atomic E-state index is 12.1. The van der Waals surface area contributed by atoms with E-state index in [2.05, 4.69) is 22.0 Å². The van der Waals surface area contributed by atoms with Gasteiger partial charge in [-0.15, -0.1) is 13.2 Å². The smallest absolute Gasteiger partial charge is 0.406 e. The molecule has 0 aromatic heterocycles. The summed E-state index contributed by atoms with van der Waals surface area (Å²) in [5, 5.41) is 3.25. The summed E-state index contributed by atoms with van der Waals surface area (Å²) in [6, 6.07) is 6.29. The molecule has 0 amide bonds. The minimum Gasteiger partial charge on any atom is -0.406 e. The van der Waals surface area contributed by atoms with E-state index in [4.69, 9.17) is 0 Å². The minimum absolute atomic E-state index is 0.189. The minimum atomic E-state index is -4.65. The first kappa shape index (κ1) is 14.0. The molecule has 0 spiro atoms. The molecule has 106 valence electrons. The van der Waals surface area contributed by atoms with Gasteiger partial charge < -0.3 is 15.0 Å². The fourth-order valence-corrected chi connectivity index (χ4v) is 2.17. The fourth-order valence-electron chi connectivity index (χ4n) is 2.17. The fraction of sp³-hybridized carbons (Fsp3) is 0.538. The Hall–Kier alpha value is -1.43. The molecule has 1 fully saturated rings. The first-order valence-corrected chi connectivity index (χ1v) is 6.23. The van der Waals surface area contributed by atoms with Crippen LogP contribution in [0.1, 0.15) is 12.8 Å². The zero-order valence-electron chi connectivity index (χ0n) is 10.7. The van der Waals surface area contributed by atoms with Gasteiger partial charge in [-0.1, -0.05) is 6.07 Å². The molecule has 0 aliphatic carbocycles. The van der Waals surface area contributed by atoms with E-state index in [0.717, 1.165) is 25.9 Å². The van der Waals surface area contributed by atoms with Gasteiger partial charge in [0.2, 0.25) is 0 Å². The lowest BCUT2D eigenvalue weighted by Crippen LogP contribution is -2.36. The first-order chi connectivity index (χ1) is 8.92. The van der Waals surface area contributed by atoms with Gasteiger partial charge in [0.25, 0.3) is 0 Å². The van der Waals surface area contributed by atoms with E-state index in [9.17, 15) is 13.2 Å². The zero-order valence-corrected chi connectivity index (χ0v) is 10.7. The van der Waals surface area contributed by atoms with Crippen LogP contribution in [-0.4, -0.2) is 37.4 Å². The molecule has 0 saturated carbocycles. The van der Waals surface area contributed by atoms with Crippen molar-refractivity contribution < 1.29 is 17.9 Å². The third kappa shape index (κ3) is 4.63. The Morgan fingerprint density at radius 2 is 1.95 bits per heavy atom. The number of piperidine rings is 1. The summed E-state index contributed by atoms with van der Waals surface area (Å²) in [5.74, 6) is -0.189. The van der Waals surface area contributed by atoms with E-state index in [1.54, 1.807) is 12.1 Å². The summed E-state index contributed by atoms with van der Waals surface area (Å²) >= 11 is 0. The Labute approximate surface area is 110 Å². The topological polar surface area (TPSA) is 24.5 Å². The number of benzene rings is 1. The van der Waals surface area contributed by atoms with Crippen molar-refractivity contribution in [2.75, 3.05) is 25.5 Å². The van der Waals surface area contributed by atoms with Crippen molar-refractivity contribution >= 4 is 5.69 Å². The van der Waals surface area contributed by atoms with Gasteiger partial charge in [-0.05, 0) is 45.1 Å². The number of alkyl halides is 3. The van der Waals surface area contributed by atoms with Crippen LogP contribution < -0.4 is 10.1 Å².